The molecule has 21 heavy (non-hydrogen) atoms. The number of carbonyl (C=O) groups excluding carboxylic acids is 1. The summed E-state index contributed by atoms with van der Waals surface area (Å²) in [6.45, 7) is 0.788. The number of amides is 1. The van der Waals surface area contributed by atoms with Crippen LogP contribution in [0.2, 0.25) is 0 Å². The van der Waals surface area contributed by atoms with Crippen molar-refractivity contribution in [3.8, 4) is 0 Å². The van der Waals surface area contributed by atoms with E-state index in [1.807, 2.05) is 23.1 Å². The highest BCUT2D eigenvalue weighted by atomic mass is 79.9. The van der Waals surface area contributed by atoms with E-state index in [0.29, 0.717) is 0 Å². The fraction of sp³-hybridized carbons (Fsp3) is 0.333. The maximum absolute atomic E-state index is 11.6. The van der Waals surface area contributed by atoms with Crippen molar-refractivity contribution in [2.45, 2.75) is 25.3 Å². The largest absolute Gasteiger partial charge is 0.478 e. The van der Waals surface area contributed by atoms with Crippen molar-refractivity contribution in [3.63, 3.8) is 0 Å². The summed E-state index contributed by atoms with van der Waals surface area (Å²) in [6, 6.07) is 5.26. The molecule has 1 aromatic carbocycles. The Morgan fingerprint density at radius 2 is 2.14 bits per heavy atom. The van der Waals surface area contributed by atoms with E-state index in [1.54, 1.807) is 0 Å². The molecule has 1 amide bonds. The summed E-state index contributed by atoms with van der Waals surface area (Å²) in [5.41, 5.74) is 7.17. The number of hydrogen-bond acceptors (Lipinski definition) is 3. The molecule has 0 radical (unpaired) electrons. The summed E-state index contributed by atoms with van der Waals surface area (Å²) in [4.78, 5) is 24.1. The van der Waals surface area contributed by atoms with Gasteiger partial charge in [-0.1, -0.05) is 6.07 Å². The molecule has 0 spiro atoms. The lowest BCUT2D eigenvalue weighted by atomic mass is 10.0. The van der Waals surface area contributed by atoms with E-state index in [0.717, 1.165) is 47.6 Å². The molecule has 0 aliphatic carbocycles. The van der Waals surface area contributed by atoms with Gasteiger partial charge >= 0.3 is 5.97 Å². The number of nitrogens with zero attached hydrogens (tertiary/aromatic N) is 1. The van der Waals surface area contributed by atoms with Gasteiger partial charge in [0.1, 0.15) is 6.04 Å². The number of anilines is 1. The molecule has 3 N–H and O–H groups in total. The first kappa shape index (κ1) is 15.6. The Bertz CT molecular complexity index is 586. The summed E-state index contributed by atoms with van der Waals surface area (Å²) < 4.78 is 0.822. The Morgan fingerprint density at radius 1 is 1.38 bits per heavy atom. The standard InChI is InChI=1S/C15H17BrN2O3/c16-11-9-10(5-7-14(19)20)4-6-12(11)18-8-2-1-3-13(18)15(17)21/h4-7,9,13H,1-3,8H2,(H2,17,21)(H,19,20)/b7-5+. The van der Waals surface area contributed by atoms with Crippen molar-refractivity contribution in [1.82, 2.24) is 0 Å². The number of benzene rings is 1. The Balaban J connectivity index is 2.27. The topological polar surface area (TPSA) is 83.6 Å². The fourth-order valence-electron chi connectivity index (χ4n) is 2.54. The van der Waals surface area contributed by atoms with Gasteiger partial charge in [0, 0.05) is 17.1 Å². The van der Waals surface area contributed by atoms with Crippen molar-refractivity contribution < 1.29 is 14.7 Å². The maximum atomic E-state index is 11.6. The van der Waals surface area contributed by atoms with Gasteiger partial charge in [0.05, 0.1) is 5.69 Å². The third kappa shape index (κ3) is 3.85. The molecule has 1 fully saturated rings. The van der Waals surface area contributed by atoms with E-state index in [2.05, 4.69) is 15.9 Å². The Labute approximate surface area is 131 Å². The third-order valence-electron chi connectivity index (χ3n) is 3.53. The van der Waals surface area contributed by atoms with Gasteiger partial charge in [0.15, 0.2) is 0 Å². The minimum absolute atomic E-state index is 0.282. The number of rotatable bonds is 4. The van der Waals surface area contributed by atoms with Crippen molar-refractivity contribution in [2.24, 2.45) is 5.73 Å². The predicted octanol–water partition coefficient (Wildman–Crippen LogP) is 2.39. The minimum atomic E-state index is -0.986. The van der Waals surface area contributed by atoms with E-state index in [1.165, 1.54) is 6.08 Å². The molecular formula is C15H17BrN2O3. The zero-order chi connectivity index (χ0) is 15.4. The lowest BCUT2D eigenvalue weighted by Gasteiger charge is -2.36. The van der Waals surface area contributed by atoms with Gasteiger partial charge in [-0.3, -0.25) is 4.79 Å². The number of halogens is 1. The fourth-order valence-corrected chi connectivity index (χ4v) is 3.17. The molecule has 112 valence electrons. The van der Waals surface area contributed by atoms with E-state index in [4.69, 9.17) is 10.8 Å². The smallest absolute Gasteiger partial charge is 0.328 e. The Morgan fingerprint density at radius 3 is 2.76 bits per heavy atom. The molecule has 1 unspecified atom stereocenters. The van der Waals surface area contributed by atoms with E-state index < -0.39 is 5.97 Å². The monoisotopic (exact) mass is 352 g/mol. The second kappa shape index (κ2) is 6.76. The number of piperidine rings is 1. The minimum Gasteiger partial charge on any atom is -0.478 e. The van der Waals surface area contributed by atoms with Crippen molar-refractivity contribution in [3.05, 3.63) is 34.3 Å². The highest BCUT2D eigenvalue weighted by Gasteiger charge is 2.28. The molecule has 5 nitrogen and oxygen atoms in total. The molecule has 1 saturated heterocycles. The van der Waals surface area contributed by atoms with Gasteiger partial charge in [0.25, 0.3) is 0 Å². The van der Waals surface area contributed by atoms with Crippen LogP contribution in [0.5, 0.6) is 0 Å². The number of carboxylic acid groups (broad SMARTS) is 1. The summed E-state index contributed by atoms with van der Waals surface area (Å²) in [7, 11) is 0. The van der Waals surface area contributed by atoms with Gasteiger partial charge in [-0.15, -0.1) is 0 Å². The zero-order valence-electron chi connectivity index (χ0n) is 11.5. The van der Waals surface area contributed by atoms with E-state index >= 15 is 0 Å². The second-order valence-electron chi connectivity index (χ2n) is 4.99. The van der Waals surface area contributed by atoms with Gasteiger partial charge in [-0.2, -0.15) is 0 Å². The van der Waals surface area contributed by atoms with Gasteiger partial charge in [-0.05, 0) is 59.0 Å². The van der Waals surface area contributed by atoms with Crippen molar-refractivity contribution in [2.75, 3.05) is 11.4 Å². The predicted molar refractivity (Wildman–Crippen MR) is 85.0 cm³/mol. The molecule has 1 aromatic rings. The molecule has 2 rings (SSSR count). The van der Waals surface area contributed by atoms with Gasteiger partial charge in [0.2, 0.25) is 5.91 Å². The molecular weight excluding hydrogens is 336 g/mol. The first-order valence-corrected chi connectivity index (χ1v) is 7.55. The highest BCUT2D eigenvalue weighted by Crippen LogP contribution is 2.32. The maximum Gasteiger partial charge on any atom is 0.328 e. The summed E-state index contributed by atoms with van der Waals surface area (Å²) in [6.07, 6.45) is 5.41. The summed E-state index contributed by atoms with van der Waals surface area (Å²) in [5.74, 6) is -1.29. The van der Waals surface area contributed by atoms with Crippen LogP contribution in [-0.2, 0) is 9.59 Å². The number of aliphatic carboxylic acids is 1. The molecule has 0 saturated carbocycles. The van der Waals surface area contributed by atoms with Crippen LogP contribution in [0.25, 0.3) is 6.08 Å². The summed E-state index contributed by atoms with van der Waals surface area (Å²) in [5, 5.41) is 8.64. The van der Waals surface area contributed by atoms with Crippen LogP contribution in [0, 0.1) is 0 Å². The first-order chi connectivity index (χ1) is 9.99. The van der Waals surface area contributed by atoms with Gasteiger partial charge in [-0.25, -0.2) is 4.79 Å². The number of carbonyl (C=O) groups is 2. The molecule has 1 atom stereocenters. The van der Waals surface area contributed by atoms with Crippen molar-refractivity contribution >= 4 is 39.6 Å². The average molecular weight is 353 g/mol. The third-order valence-corrected chi connectivity index (χ3v) is 4.17. The normalized spacial score (nSPS) is 18.9. The highest BCUT2D eigenvalue weighted by molar-refractivity contribution is 9.10. The van der Waals surface area contributed by atoms with Crippen molar-refractivity contribution in [1.29, 1.82) is 0 Å². The molecule has 1 heterocycles. The SMILES string of the molecule is NC(=O)C1CCCCN1c1ccc(/C=C/C(=O)O)cc1Br. The van der Waals surface area contributed by atoms with Crippen LogP contribution in [0.1, 0.15) is 24.8 Å². The number of hydrogen-bond donors (Lipinski definition) is 2. The number of carboxylic acids is 1. The van der Waals surface area contributed by atoms with E-state index in [9.17, 15) is 9.59 Å². The average Bonchev–Trinajstić information content (AvgIpc) is 2.45. The number of nitrogens with two attached hydrogens (primary N) is 1. The van der Waals surface area contributed by atoms with Crippen LogP contribution in [0.15, 0.2) is 28.7 Å². The molecule has 0 aromatic heterocycles. The second-order valence-corrected chi connectivity index (χ2v) is 5.84. The van der Waals surface area contributed by atoms with Crippen LogP contribution >= 0.6 is 15.9 Å². The van der Waals surface area contributed by atoms with E-state index in [-0.39, 0.29) is 11.9 Å². The lowest BCUT2D eigenvalue weighted by molar-refractivity contribution is -0.131. The molecule has 6 heteroatoms. The Hall–Kier alpha value is -1.82. The number of primary amides is 1. The quantitative estimate of drug-likeness (QED) is 0.815. The van der Waals surface area contributed by atoms with Crippen LogP contribution in [0.3, 0.4) is 0 Å². The Kier molecular flexibility index (Phi) is 5.01. The van der Waals surface area contributed by atoms with Gasteiger partial charge < -0.3 is 15.7 Å². The molecule has 1 aliphatic rings. The first-order valence-electron chi connectivity index (χ1n) is 6.75. The zero-order valence-corrected chi connectivity index (χ0v) is 13.0. The van der Waals surface area contributed by atoms with Crippen LogP contribution < -0.4 is 10.6 Å². The van der Waals surface area contributed by atoms with Crippen LogP contribution in [0.4, 0.5) is 5.69 Å². The molecule has 1 aliphatic heterocycles. The lowest BCUT2D eigenvalue weighted by Crippen LogP contribution is -2.48. The molecule has 0 bridgehead atoms. The van der Waals surface area contributed by atoms with Crippen LogP contribution in [-0.4, -0.2) is 29.6 Å². The summed E-state index contributed by atoms with van der Waals surface area (Å²) >= 11 is 3.49.